The molecule has 0 aromatic heterocycles. The zero-order chi connectivity index (χ0) is 21.3. The molecule has 28 heavy (non-hydrogen) atoms. The van der Waals surface area contributed by atoms with Crippen molar-refractivity contribution in [2.24, 2.45) is 11.5 Å². The van der Waals surface area contributed by atoms with Gasteiger partial charge < -0.3 is 37.4 Å². The quantitative estimate of drug-likeness (QED) is 0.116. The number of carboxylic acid groups (broad SMARTS) is 1. The standard InChI is InChI=1S/C16H29N7O5/c1-9(14(26)23-7-3-5-11(23)15(27)28)21-13(25)10(22-12(24)8-17)4-2-6-20-16(18)19/h9-11H,2-8,17H2,1H3,(H,21,25)(H,22,24)(H,27,28)(H4,18,19,20)/t9-,10-,11-/m0/s1. The molecular weight excluding hydrogens is 370 g/mol. The average Bonchev–Trinajstić information content (AvgIpc) is 3.12. The van der Waals surface area contributed by atoms with Crippen LogP contribution in [0.5, 0.6) is 0 Å². The average molecular weight is 399 g/mol. The molecule has 158 valence electrons. The lowest BCUT2D eigenvalue weighted by atomic mass is 10.1. The van der Waals surface area contributed by atoms with Crippen LogP contribution in [0.2, 0.25) is 0 Å². The molecule has 0 spiro atoms. The number of amides is 3. The highest BCUT2D eigenvalue weighted by atomic mass is 16.4. The second kappa shape index (κ2) is 11.1. The van der Waals surface area contributed by atoms with E-state index < -0.39 is 41.8 Å². The molecule has 0 saturated carbocycles. The first-order valence-electron chi connectivity index (χ1n) is 9.08. The molecule has 1 fully saturated rings. The van der Waals surface area contributed by atoms with Crippen molar-refractivity contribution in [3.63, 3.8) is 0 Å². The molecule has 1 saturated heterocycles. The van der Waals surface area contributed by atoms with Crippen LogP contribution in [0, 0.1) is 5.41 Å². The van der Waals surface area contributed by atoms with Gasteiger partial charge in [-0.15, -0.1) is 0 Å². The monoisotopic (exact) mass is 399 g/mol. The van der Waals surface area contributed by atoms with E-state index in [1.54, 1.807) is 0 Å². The van der Waals surface area contributed by atoms with Crippen LogP contribution in [0.3, 0.4) is 0 Å². The fourth-order valence-electron chi connectivity index (χ4n) is 2.96. The molecule has 9 N–H and O–H groups in total. The number of likely N-dealkylation sites (tertiary alicyclic amines) is 1. The number of hydrogen-bond donors (Lipinski definition) is 7. The Kier molecular flexibility index (Phi) is 9.15. The molecule has 1 heterocycles. The van der Waals surface area contributed by atoms with Crippen molar-refractivity contribution in [3.05, 3.63) is 0 Å². The first-order valence-corrected chi connectivity index (χ1v) is 9.08. The van der Waals surface area contributed by atoms with Gasteiger partial charge in [-0.05, 0) is 32.6 Å². The summed E-state index contributed by atoms with van der Waals surface area (Å²) in [6, 6.07) is -2.76. The van der Waals surface area contributed by atoms with Crippen LogP contribution in [0.25, 0.3) is 0 Å². The van der Waals surface area contributed by atoms with Crippen LogP contribution in [-0.2, 0) is 19.2 Å². The Morgan fingerprint density at radius 1 is 1.29 bits per heavy atom. The van der Waals surface area contributed by atoms with Gasteiger partial charge in [0, 0.05) is 13.1 Å². The van der Waals surface area contributed by atoms with Crippen LogP contribution in [0.15, 0.2) is 0 Å². The first-order chi connectivity index (χ1) is 13.2. The lowest BCUT2D eigenvalue weighted by Crippen LogP contribution is -2.55. The Balaban J connectivity index is 2.68. The third kappa shape index (κ3) is 7.02. The lowest BCUT2D eigenvalue weighted by Gasteiger charge is -2.26. The molecule has 12 heteroatoms. The minimum atomic E-state index is -1.07. The number of nitrogens with zero attached hydrogens (tertiary/aromatic N) is 1. The van der Waals surface area contributed by atoms with Crippen molar-refractivity contribution < 1.29 is 24.3 Å². The van der Waals surface area contributed by atoms with Gasteiger partial charge in [0.15, 0.2) is 5.96 Å². The summed E-state index contributed by atoms with van der Waals surface area (Å²) in [5, 5.41) is 23.9. The maximum absolute atomic E-state index is 12.5. The Morgan fingerprint density at radius 2 is 1.96 bits per heavy atom. The SMILES string of the molecule is C[C@H](NC(=O)[C@H](CCCNC(=N)N)NC(=O)CN)C(=O)N1CCC[C@H]1C(=O)O. The number of carbonyl (C=O) groups is 4. The van der Waals surface area contributed by atoms with Gasteiger partial charge in [-0.1, -0.05) is 0 Å². The summed E-state index contributed by atoms with van der Waals surface area (Å²) in [5.41, 5.74) is 10.5. The van der Waals surface area contributed by atoms with Crippen molar-refractivity contribution >= 4 is 29.7 Å². The Hall–Kier alpha value is -2.89. The molecule has 0 aliphatic carbocycles. The highest BCUT2D eigenvalue weighted by Crippen LogP contribution is 2.18. The van der Waals surface area contributed by atoms with E-state index in [2.05, 4.69) is 16.0 Å². The second-order valence-corrected chi connectivity index (χ2v) is 6.57. The summed E-state index contributed by atoms with van der Waals surface area (Å²) in [7, 11) is 0. The number of carboxylic acids is 1. The van der Waals surface area contributed by atoms with E-state index in [-0.39, 0.29) is 18.9 Å². The largest absolute Gasteiger partial charge is 0.480 e. The predicted molar refractivity (Wildman–Crippen MR) is 100 cm³/mol. The Morgan fingerprint density at radius 3 is 2.54 bits per heavy atom. The summed E-state index contributed by atoms with van der Waals surface area (Å²) in [6.07, 6.45) is 1.63. The van der Waals surface area contributed by atoms with Crippen LogP contribution in [0.4, 0.5) is 0 Å². The smallest absolute Gasteiger partial charge is 0.326 e. The lowest BCUT2D eigenvalue weighted by molar-refractivity contribution is -0.149. The normalized spacial score (nSPS) is 18.1. The number of guanidine groups is 1. The van der Waals surface area contributed by atoms with Gasteiger partial charge in [0.2, 0.25) is 17.7 Å². The molecule has 12 nitrogen and oxygen atoms in total. The highest BCUT2D eigenvalue weighted by molar-refractivity contribution is 5.93. The maximum atomic E-state index is 12.5. The van der Waals surface area contributed by atoms with Crippen molar-refractivity contribution in [1.82, 2.24) is 20.9 Å². The van der Waals surface area contributed by atoms with E-state index in [0.29, 0.717) is 32.4 Å². The molecule has 1 rings (SSSR count). The maximum Gasteiger partial charge on any atom is 0.326 e. The third-order valence-corrected chi connectivity index (χ3v) is 4.37. The minimum Gasteiger partial charge on any atom is -0.480 e. The summed E-state index contributed by atoms with van der Waals surface area (Å²) in [5.74, 6) is -2.86. The topological polar surface area (TPSA) is 204 Å². The molecule has 0 aromatic rings. The van der Waals surface area contributed by atoms with E-state index >= 15 is 0 Å². The van der Waals surface area contributed by atoms with Crippen molar-refractivity contribution in [2.45, 2.75) is 50.7 Å². The van der Waals surface area contributed by atoms with Crippen LogP contribution >= 0.6 is 0 Å². The van der Waals surface area contributed by atoms with Gasteiger partial charge in [0.25, 0.3) is 0 Å². The zero-order valence-corrected chi connectivity index (χ0v) is 15.9. The Labute approximate surface area is 162 Å². The van der Waals surface area contributed by atoms with Crippen LogP contribution in [0.1, 0.15) is 32.6 Å². The van der Waals surface area contributed by atoms with Gasteiger partial charge in [-0.3, -0.25) is 19.8 Å². The number of nitrogens with one attached hydrogen (secondary N) is 4. The minimum absolute atomic E-state index is 0.204. The molecule has 0 unspecified atom stereocenters. The fourth-order valence-corrected chi connectivity index (χ4v) is 2.96. The number of hydrogen-bond acceptors (Lipinski definition) is 6. The van der Waals surface area contributed by atoms with Crippen molar-refractivity contribution in [1.29, 1.82) is 5.41 Å². The molecular formula is C16H29N7O5. The predicted octanol–water partition coefficient (Wildman–Crippen LogP) is -2.73. The van der Waals surface area contributed by atoms with E-state index in [4.69, 9.17) is 16.9 Å². The van der Waals surface area contributed by atoms with E-state index in [0.717, 1.165) is 0 Å². The summed E-state index contributed by atoms with van der Waals surface area (Å²) in [6.45, 7) is 1.83. The van der Waals surface area contributed by atoms with Gasteiger partial charge >= 0.3 is 5.97 Å². The van der Waals surface area contributed by atoms with Crippen molar-refractivity contribution in [3.8, 4) is 0 Å². The second-order valence-electron chi connectivity index (χ2n) is 6.57. The van der Waals surface area contributed by atoms with E-state index in [1.807, 2.05) is 0 Å². The molecule has 1 aliphatic heterocycles. The molecule has 3 amide bonds. The van der Waals surface area contributed by atoms with E-state index in [9.17, 15) is 24.3 Å². The first kappa shape index (κ1) is 23.1. The zero-order valence-electron chi connectivity index (χ0n) is 15.9. The van der Waals surface area contributed by atoms with Crippen LogP contribution in [-0.4, -0.2) is 77.4 Å². The summed E-state index contributed by atoms with van der Waals surface area (Å²) < 4.78 is 0. The molecule has 0 bridgehead atoms. The van der Waals surface area contributed by atoms with Crippen LogP contribution < -0.4 is 27.4 Å². The van der Waals surface area contributed by atoms with Gasteiger partial charge in [-0.2, -0.15) is 0 Å². The van der Waals surface area contributed by atoms with Gasteiger partial charge in [0.1, 0.15) is 18.1 Å². The Bertz CT molecular complexity index is 612. The van der Waals surface area contributed by atoms with Gasteiger partial charge in [-0.25, -0.2) is 4.79 Å². The van der Waals surface area contributed by atoms with E-state index in [1.165, 1.54) is 11.8 Å². The fraction of sp³-hybridized carbons (Fsp3) is 0.688. The number of aliphatic carboxylic acids is 1. The highest BCUT2D eigenvalue weighted by Gasteiger charge is 2.36. The number of carbonyl (C=O) groups excluding carboxylic acids is 3. The summed E-state index contributed by atoms with van der Waals surface area (Å²) in [4.78, 5) is 49.1. The third-order valence-electron chi connectivity index (χ3n) is 4.37. The number of nitrogens with two attached hydrogens (primary N) is 2. The number of rotatable bonds is 10. The molecule has 1 aliphatic rings. The summed E-state index contributed by atoms with van der Waals surface area (Å²) >= 11 is 0. The van der Waals surface area contributed by atoms with Crippen molar-refractivity contribution in [2.75, 3.05) is 19.6 Å². The molecule has 0 radical (unpaired) electrons. The molecule has 0 aromatic carbocycles. The molecule has 3 atom stereocenters. The van der Waals surface area contributed by atoms with Gasteiger partial charge in [0.05, 0.1) is 6.54 Å².